The van der Waals surface area contributed by atoms with E-state index in [2.05, 4.69) is 12.1 Å². The molecule has 0 aromatic carbocycles. The molecular weight excluding hydrogens is 398 g/mol. The van der Waals surface area contributed by atoms with Gasteiger partial charge in [-0.2, -0.15) is 0 Å². The highest BCUT2D eigenvalue weighted by molar-refractivity contribution is 7.30. The van der Waals surface area contributed by atoms with Crippen LogP contribution in [0.25, 0.3) is 9.75 Å². The Kier molecular flexibility index (Phi) is 6.02. The highest BCUT2D eigenvalue weighted by atomic mass is 32.1. The van der Waals surface area contributed by atoms with Gasteiger partial charge in [-0.1, -0.05) is 26.0 Å². The number of thiophene rings is 2. The van der Waals surface area contributed by atoms with Gasteiger partial charge in [0.05, 0.1) is 13.2 Å². The van der Waals surface area contributed by atoms with Crippen LogP contribution in [0.4, 0.5) is 0 Å². The zero-order valence-electron chi connectivity index (χ0n) is 16.1. The van der Waals surface area contributed by atoms with Gasteiger partial charge in [-0.25, -0.2) is 0 Å². The van der Waals surface area contributed by atoms with Crippen LogP contribution in [-0.4, -0.2) is 64.1 Å². The highest BCUT2D eigenvalue weighted by Gasteiger charge is 2.38. The van der Waals surface area contributed by atoms with Crippen molar-refractivity contribution in [1.29, 1.82) is 0 Å². The SMILES string of the molecule is CC1(CO)COB(c2ccc(-c3ccc(B4OCC(C)(CO)CO4)s3)s2)OC1. The van der Waals surface area contributed by atoms with Crippen LogP contribution < -0.4 is 9.55 Å². The first-order valence-corrected chi connectivity index (χ1v) is 10.9. The summed E-state index contributed by atoms with van der Waals surface area (Å²) in [6.45, 7) is 5.93. The smallest absolute Gasteiger partial charge is 0.406 e. The number of hydrogen-bond acceptors (Lipinski definition) is 8. The van der Waals surface area contributed by atoms with E-state index in [1.165, 1.54) is 0 Å². The quantitative estimate of drug-likeness (QED) is 0.700. The van der Waals surface area contributed by atoms with Crippen LogP contribution in [0.1, 0.15) is 13.8 Å². The minimum atomic E-state index is -0.376. The fraction of sp³-hybridized carbons (Fsp3) is 0.556. The van der Waals surface area contributed by atoms with Gasteiger partial charge in [-0.3, -0.25) is 0 Å². The molecule has 0 saturated carbocycles. The van der Waals surface area contributed by atoms with Crippen LogP contribution >= 0.6 is 22.7 Å². The summed E-state index contributed by atoms with van der Waals surface area (Å²) in [4.78, 5) is 2.29. The van der Waals surface area contributed by atoms with Crippen molar-refractivity contribution in [3.63, 3.8) is 0 Å². The first-order valence-electron chi connectivity index (χ1n) is 9.32. The monoisotopic (exact) mass is 422 g/mol. The second-order valence-corrected chi connectivity index (χ2v) is 10.5. The maximum Gasteiger partial charge on any atom is 0.504 e. The minimum Gasteiger partial charge on any atom is -0.406 e. The van der Waals surface area contributed by atoms with Gasteiger partial charge in [0.1, 0.15) is 0 Å². The second-order valence-electron chi connectivity index (χ2n) is 8.25. The standard InChI is InChI=1S/C18H24B2O6S2/c1-17(7-21)9-23-19(24-10-17)15-5-3-13(27-15)14-4-6-16(28-14)20-25-11-18(2,8-22)12-26-20/h3-6,21-22H,7-12H2,1-2H3. The summed E-state index contributed by atoms with van der Waals surface area (Å²) in [6.07, 6.45) is 0. The normalized spacial score (nSPS) is 21.9. The van der Waals surface area contributed by atoms with Crippen molar-refractivity contribution in [3.8, 4) is 9.75 Å². The van der Waals surface area contributed by atoms with Crippen LogP contribution in [0.15, 0.2) is 24.3 Å². The second kappa shape index (κ2) is 8.20. The third-order valence-corrected chi connectivity index (χ3v) is 7.47. The van der Waals surface area contributed by atoms with Crippen LogP contribution in [0.5, 0.6) is 0 Å². The lowest BCUT2D eigenvalue weighted by molar-refractivity contribution is -0.0144. The molecule has 0 atom stereocenters. The number of aliphatic hydroxyl groups is 2. The predicted molar refractivity (Wildman–Crippen MR) is 113 cm³/mol. The van der Waals surface area contributed by atoms with Gasteiger partial charge in [0.25, 0.3) is 0 Å². The largest absolute Gasteiger partial charge is 0.504 e. The Balaban J connectivity index is 1.40. The van der Waals surface area contributed by atoms with Crippen molar-refractivity contribution in [3.05, 3.63) is 24.3 Å². The molecule has 0 unspecified atom stereocenters. The van der Waals surface area contributed by atoms with Crippen molar-refractivity contribution >= 4 is 46.5 Å². The Bertz CT molecular complexity index is 727. The molecule has 4 rings (SSSR count). The molecule has 150 valence electrons. The average Bonchev–Trinajstić information content (AvgIpc) is 3.39. The first kappa shape index (κ1) is 20.6. The van der Waals surface area contributed by atoms with E-state index in [0.29, 0.717) is 26.4 Å². The molecule has 0 aliphatic carbocycles. The third kappa shape index (κ3) is 4.24. The van der Waals surface area contributed by atoms with Gasteiger partial charge in [-0.05, 0) is 12.1 Å². The van der Waals surface area contributed by atoms with Crippen molar-refractivity contribution in [2.45, 2.75) is 13.8 Å². The fourth-order valence-electron chi connectivity index (χ4n) is 3.02. The molecule has 6 nitrogen and oxygen atoms in total. The molecule has 0 radical (unpaired) electrons. The van der Waals surface area contributed by atoms with E-state index in [1.807, 2.05) is 26.0 Å². The van der Waals surface area contributed by atoms with Crippen molar-refractivity contribution in [2.24, 2.45) is 10.8 Å². The van der Waals surface area contributed by atoms with Gasteiger partial charge in [0, 0.05) is 56.6 Å². The average molecular weight is 422 g/mol. The van der Waals surface area contributed by atoms with E-state index in [0.717, 1.165) is 19.3 Å². The van der Waals surface area contributed by atoms with Gasteiger partial charge in [-0.15, -0.1) is 22.7 Å². The van der Waals surface area contributed by atoms with E-state index >= 15 is 0 Å². The number of rotatable bonds is 5. The summed E-state index contributed by atoms with van der Waals surface area (Å²) in [5.74, 6) is 0. The van der Waals surface area contributed by atoms with E-state index in [1.54, 1.807) is 22.7 Å². The molecule has 0 bridgehead atoms. The molecule has 2 aromatic rings. The zero-order valence-corrected chi connectivity index (χ0v) is 17.7. The van der Waals surface area contributed by atoms with Crippen LogP contribution in [0, 0.1) is 10.8 Å². The molecule has 2 fully saturated rings. The summed E-state index contributed by atoms with van der Waals surface area (Å²) in [6, 6.07) is 8.22. The van der Waals surface area contributed by atoms with Crippen LogP contribution in [-0.2, 0) is 18.6 Å². The molecule has 0 amide bonds. The molecule has 10 heteroatoms. The van der Waals surface area contributed by atoms with Gasteiger partial charge in [0.2, 0.25) is 0 Å². The Hall–Kier alpha value is -0.710. The molecule has 0 spiro atoms. The van der Waals surface area contributed by atoms with E-state index in [9.17, 15) is 10.2 Å². The molecule has 2 saturated heterocycles. The topological polar surface area (TPSA) is 77.4 Å². The Morgan fingerprint density at radius 3 is 1.43 bits per heavy atom. The summed E-state index contributed by atoms with van der Waals surface area (Å²) in [5, 5.41) is 18.8. The minimum absolute atomic E-state index is 0.0517. The summed E-state index contributed by atoms with van der Waals surface area (Å²) in [7, 11) is -0.752. The van der Waals surface area contributed by atoms with Crippen molar-refractivity contribution < 1.29 is 28.8 Å². The summed E-state index contributed by atoms with van der Waals surface area (Å²) in [5.41, 5.74) is -0.656. The summed E-state index contributed by atoms with van der Waals surface area (Å²) < 4.78 is 25.3. The lowest BCUT2D eigenvalue weighted by Gasteiger charge is -2.34. The third-order valence-electron chi connectivity index (χ3n) is 5.06. The molecule has 28 heavy (non-hydrogen) atoms. The van der Waals surface area contributed by atoms with Crippen molar-refractivity contribution in [2.75, 3.05) is 39.6 Å². The van der Waals surface area contributed by atoms with E-state index in [-0.39, 0.29) is 38.3 Å². The van der Waals surface area contributed by atoms with E-state index < -0.39 is 0 Å². The first-order chi connectivity index (χ1) is 13.4. The molecule has 4 heterocycles. The highest BCUT2D eigenvalue weighted by Crippen LogP contribution is 2.30. The molecule has 2 aliphatic rings. The van der Waals surface area contributed by atoms with E-state index in [4.69, 9.17) is 18.6 Å². The van der Waals surface area contributed by atoms with Gasteiger partial charge >= 0.3 is 14.2 Å². The summed E-state index contributed by atoms with van der Waals surface area (Å²) >= 11 is 3.29. The molecule has 2 aromatic heterocycles. The molecule has 2 aliphatic heterocycles. The van der Waals surface area contributed by atoms with Gasteiger partial charge < -0.3 is 28.8 Å². The maximum absolute atomic E-state index is 9.42. The predicted octanol–water partition coefficient (Wildman–Crippen LogP) is 0.958. The zero-order chi connectivity index (χ0) is 19.8. The Morgan fingerprint density at radius 1 is 0.750 bits per heavy atom. The number of hydrogen-bond donors (Lipinski definition) is 2. The Morgan fingerprint density at radius 2 is 1.11 bits per heavy atom. The van der Waals surface area contributed by atoms with Gasteiger partial charge in [0.15, 0.2) is 0 Å². The van der Waals surface area contributed by atoms with Crippen LogP contribution in [0.3, 0.4) is 0 Å². The number of aliphatic hydroxyl groups excluding tert-OH is 2. The lowest BCUT2D eigenvalue weighted by Crippen LogP contribution is -2.49. The Labute approximate surface area is 173 Å². The van der Waals surface area contributed by atoms with Crippen LogP contribution in [0.2, 0.25) is 0 Å². The fourth-order valence-corrected chi connectivity index (χ4v) is 5.13. The maximum atomic E-state index is 9.42. The van der Waals surface area contributed by atoms with Crippen molar-refractivity contribution in [1.82, 2.24) is 0 Å². The lowest BCUT2D eigenvalue weighted by atomic mass is 9.81. The molecule has 2 N–H and O–H groups in total. The molecular formula is C18H24B2O6S2.